The lowest BCUT2D eigenvalue weighted by Gasteiger charge is -2.32. The molecule has 7 nitrogen and oxygen atoms in total. The van der Waals surface area contributed by atoms with E-state index >= 15 is 0 Å². The molecule has 1 atom stereocenters. The van der Waals surface area contributed by atoms with E-state index in [4.69, 9.17) is 10.1 Å². The van der Waals surface area contributed by atoms with E-state index in [1.165, 1.54) is 38.2 Å². The molecule has 0 unspecified atom stereocenters. The van der Waals surface area contributed by atoms with Crippen molar-refractivity contribution in [3.63, 3.8) is 0 Å². The zero-order valence-electron chi connectivity index (χ0n) is 17.3. The summed E-state index contributed by atoms with van der Waals surface area (Å²) in [5, 5.41) is 8.40. The molecule has 2 aliphatic heterocycles. The molecule has 2 aliphatic rings. The van der Waals surface area contributed by atoms with Crippen molar-refractivity contribution in [2.75, 3.05) is 33.2 Å². The molecule has 2 aromatic heterocycles. The first-order valence-electron chi connectivity index (χ1n) is 10.8. The summed E-state index contributed by atoms with van der Waals surface area (Å²) in [7, 11) is 2.13. The molecule has 0 amide bonds. The second-order valence-electron chi connectivity index (χ2n) is 8.67. The van der Waals surface area contributed by atoms with Crippen molar-refractivity contribution in [3.05, 3.63) is 47.5 Å². The van der Waals surface area contributed by atoms with Gasteiger partial charge >= 0.3 is 0 Å². The van der Waals surface area contributed by atoms with Crippen molar-refractivity contribution >= 4 is 11.0 Å². The van der Waals surface area contributed by atoms with Crippen LogP contribution in [-0.2, 0) is 26.2 Å². The molecule has 0 aliphatic carbocycles. The summed E-state index contributed by atoms with van der Waals surface area (Å²) in [5.41, 5.74) is 4.63. The van der Waals surface area contributed by atoms with Crippen LogP contribution >= 0.6 is 0 Å². The monoisotopic (exact) mass is 393 g/mol. The third-order valence-electron chi connectivity index (χ3n) is 6.13. The van der Waals surface area contributed by atoms with Crippen LogP contribution in [0.2, 0.25) is 0 Å². The summed E-state index contributed by atoms with van der Waals surface area (Å²) in [6, 6.07) is 10.5. The molecular formula is C22H31N7. The quantitative estimate of drug-likeness (QED) is 0.672. The summed E-state index contributed by atoms with van der Waals surface area (Å²) in [6.45, 7) is 8.33. The summed E-state index contributed by atoms with van der Waals surface area (Å²) in [5.74, 6) is 1.80. The molecule has 154 valence electrons. The normalized spacial score (nSPS) is 20.4. The number of H-pyrrole nitrogens is 1. The number of nitrogens with one attached hydrogen (secondary N) is 2. The SMILES string of the molecule is CN(Cc1cc2n(n1)CCN(C[C@H]1CCCNC1)C2)Cc1nc2ccccc2[nH]1. The largest absolute Gasteiger partial charge is 0.341 e. The predicted octanol–water partition coefficient (Wildman–Crippen LogP) is 2.21. The minimum atomic E-state index is 0.789. The van der Waals surface area contributed by atoms with Crippen LogP contribution < -0.4 is 5.32 Å². The van der Waals surface area contributed by atoms with Crippen molar-refractivity contribution < 1.29 is 0 Å². The number of nitrogens with zero attached hydrogens (tertiary/aromatic N) is 5. The minimum absolute atomic E-state index is 0.789. The number of fused-ring (bicyclic) bond motifs is 2. The maximum absolute atomic E-state index is 4.86. The highest BCUT2D eigenvalue weighted by Crippen LogP contribution is 2.19. The van der Waals surface area contributed by atoms with Crippen molar-refractivity contribution in [2.45, 2.75) is 39.0 Å². The van der Waals surface area contributed by atoms with Gasteiger partial charge in [0.05, 0.1) is 35.5 Å². The number of aromatic nitrogens is 4. The highest BCUT2D eigenvalue weighted by atomic mass is 15.3. The van der Waals surface area contributed by atoms with E-state index in [2.05, 4.69) is 44.0 Å². The number of rotatable bonds is 6. The lowest BCUT2D eigenvalue weighted by Crippen LogP contribution is -2.41. The van der Waals surface area contributed by atoms with Crippen LogP contribution in [0.1, 0.15) is 30.1 Å². The Labute approximate surface area is 172 Å². The maximum Gasteiger partial charge on any atom is 0.121 e. The summed E-state index contributed by atoms with van der Waals surface area (Å²) in [6.07, 6.45) is 2.68. The molecule has 4 heterocycles. The molecule has 7 heteroatoms. The molecular weight excluding hydrogens is 362 g/mol. The Balaban J connectivity index is 1.18. The topological polar surface area (TPSA) is 65.0 Å². The van der Waals surface area contributed by atoms with Gasteiger partial charge in [-0.2, -0.15) is 5.10 Å². The van der Waals surface area contributed by atoms with Gasteiger partial charge in [-0.1, -0.05) is 12.1 Å². The van der Waals surface area contributed by atoms with Crippen LogP contribution in [0.5, 0.6) is 0 Å². The maximum atomic E-state index is 4.86. The summed E-state index contributed by atoms with van der Waals surface area (Å²) >= 11 is 0. The van der Waals surface area contributed by atoms with Crippen molar-refractivity contribution in [1.29, 1.82) is 0 Å². The Kier molecular flexibility index (Phi) is 5.35. The summed E-state index contributed by atoms with van der Waals surface area (Å²) in [4.78, 5) is 13.0. The molecule has 3 aromatic rings. The average Bonchev–Trinajstić information content (AvgIpc) is 3.30. The number of hydrogen-bond donors (Lipinski definition) is 2. The van der Waals surface area contributed by atoms with E-state index in [0.29, 0.717) is 0 Å². The van der Waals surface area contributed by atoms with Gasteiger partial charge in [-0.3, -0.25) is 14.5 Å². The van der Waals surface area contributed by atoms with Crippen molar-refractivity contribution in [2.24, 2.45) is 5.92 Å². The average molecular weight is 394 g/mol. The summed E-state index contributed by atoms with van der Waals surface area (Å²) < 4.78 is 2.21. The van der Waals surface area contributed by atoms with Gasteiger partial charge in [0.2, 0.25) is 0 Å². The molecule has 2 N–H and O–H groups in total. The van der Waals surface area contributed by atoms with E-state index in [-0.39, 0.29) is 0 Å². The first kappa shape index (κ1) is 18.8. The number of hydrogen-bond acceptors (Lipinski definition) is 5. The standard InChI is InChI=1S/C22H31N7/c1-27(16-22-24-20-6-2-3-7-21(20)25-22)14-18-11-19-15-28(9-10-29(19)26-18)13-17-5-4-8-23-12-17/h2-3,6-7,11,17,23H,4-5,8-10,12-16H2,1H3,(H,24,25)/t17-/m0/s1. The fraction of sp³-hybridized carbons (Fsp3) is 0.545. The Morgan fingerprint density at radius 3 is 3.00 bits per heavy atom. The Morgan fingerprint density at radius 2 is 2.14 bits per heavy atom. The Bertz CT molecular complexity index is 920. The van der Waals surface area contributed by atoms with Crippen LogP contribution in [-0.4, -0.2) is 62.8 Å². The number of aromatic amines is 1. The van der Waals surface area contributed by atoms with Crippen LogP contribution in [0, 0.1) is 5.92 Å². The minimum Gasteiger partial charge on any atom is -0.341 e. The molecule has 0 spiro atoms. The molecule has 0 bridgehead atoms. The molecule has 29 heavy (non-hydrogen) atoms. The highest BCUT2D eigenvalue weighted by molar-refractivity contribution is 5.74. The third-order valence-corrected chi connectivity index (χ3v) is 6.13. The first-order valence-corrected chi connectivity index (χ1v) is 10.8. The Morgan fingerprint density at radius 1 is 1.21 bits per heavy atom. The van der Waals surface area contributed by atoms with Crippen LogP contribution in [0.25, 0.3) is 11.0 Å². The van der Waals surface area contributed by atoms with Gasteiger partial charge in [-0.25, -0.2) is 4.98 Å². The number of benzene rings is 1. The lowest BCUT2D eigenvalue weighted by molar-refractivity contribution is 0.168. The second kappa shape index (κ2) is 8.26. The molecule has 0 saturated carbocycles. The van der Waals surface area contributed by atoms with Crippen LogP contribution in [0.3, 0.4) is 0 Å². The highest BCUT2D eigenvalue weighted by Gasteiger charge is 2.22. The van der Waals surface area contributed by atoms with E-state index in [1.54, 1.807) is 0 Å². The molecule has 5 rings (SSSR count). The van der Waals surface area contributed by atoms with Gasteiger partial charge < -0.3 is 10.3 Å². The molecule has 1 saturated heterocycles. The van der Waals surface area contributed by atoms with Gasteiger partial charge in [0.15, 0.2) is 0 Å². The fourth-order valence-electron chi connectivity index (χ4n) is 4.73. The van der Waals surface area contributed by atoms with Gasteiger partial charge in [0.25, 0.3) is 0 Å². The van der Waals surface area contributed by atoms with Crippen molar-refractivity contribution in [1.82, 2.24) is 34.9 Å². The van der Waals surface area contributed by atoms with Crippen LogP contribution in [0.4, 0.5) is 0 Å². The van der Waals surface area contributed by atoms with E-state index < -0.39 is 0 Å². The molecule has 0 radical (unpaired) electrons. The van der Waals surface area contributed by atoms with Gasteiger partial charge in [-0.05, 0) is 57.1 Å². The van der Waals surface area contributed by atoms with Crippen molar-refractivity contribution in [3.8, 4) is 0 Å². The molecule has 1 fully saturated rings. The number of piperidine rings is 1. The second-order valence-corrected chi connectivity index (χ2v) is 8.67. The van der Waals surface area contributed by atoms with E-state index in [1.807, 2.05) is 18.2 Å². The number of imidazole rings is 1. The lowest BCUT2D eigenvalue weighted by atomic mass is 9.99. The third kappa shape index (κ3) is 4.37. The van der Waals surface area contributed by atoms with Crippen LogP contribution in [0.15, 0.2) is 30.3 Å². The number of para-hydroxylation sites is 2. The zero-order chi connectivity index (χ0) is 19.6. The van der Waals surface area contributed by atoms with Gasteiger partial charge in [0.1, 0.15) is 5.82 Å². The predicted molar refractivity (Wildman–Crippen MR) is 114 cm³/mol. The van der Waals surface area contributed by atoms with Gasteiger partial charge in [0, 0.05) is 26.2 Å². The van der Waals surface area contributed by atoms with Gasteiger partial charge in [-0.15, -0.1) is 0 Å². The fourth-order valence-corrected chi connectivity index (χ4v) is 4.73. The van der Waals surface area contributed by atoms with E-state index in [9.17, 15) is 0 Å². The zero-order valence-corrected chi connectivity index (χ0v) is 17.3. The Hall–Kier alpha value is -2.22. The molecule has 1 aromatic carbocycles. The van der Waals surface area contributed by atoms with E-state index in [0.717, 1.165) is 61.2 Å². The smallest absolute Gasteiger partial charge is 0.121 e. The first-order chi connectivity index (χ1) is 14.2.